The molecule has 1 atom stereocenters. The van der Waals surface area contributed by atoms with Crippen molar-refractivity contribution in [2.45, 2.75) is 30.6 Å². The van der Waals surface area contributed by atoms with Gasteiger partial charge in [0.25, 0.3) is 5.91 Å². The molecular weight excluding hydrogens is 540 g/mol. The zero-order chi connectivity index (χ0) is 29.0. The molecule has 3 aromatic rings. The monoisotopic (exact) mass is 574 g/mol. The predicted molar refractivity (Wildman–Crippen MR) is 158 cm³/mol. The zero-order valence-electron chi connectivity index (χ0n) is 23.2. The fraction of sp³-hybridized carbons (Fsp3) is 0.323. The molecule has 2 aliphatic heterocycles. The Balaban J connectivity index is 1.51. The number of hydrogen-bond acceptors (Lipinski definition) is 6. The summed E-state index contributed by atoms with van der Waals surface area (Å²) < 4.78 is 33.3. The number of amides is 2. The van der Waals surface area contributed by atoms with E-state index in [1.807, 2.05) is 37.3 Å². The van der Waals surface area contributed by atoms with Crippen LogP contribution in [0.25, 0.3) is 0 Å². The number of hydrogen-bond donors (Lipinski definition) is 1. The highest BCUT2D eigenvalue weighted by Crippen LogP contribution is 2.38. The molecule has 0 radical (unpaired) electrons. The number of nitrogens with zero attached hydrogens (tertiary/aromatic N) is 3. The van der Waals surface area contributed by atoms with Gasteiger partial charge in [-0.3, -0.25) is 14.6 Å². The predicted octanol–water partition coefficient (Wildman–Crippen LogP) is 4.44. The molecule has 1 N–H and O–H groups in total. The van der Waals surface area contributed by atoms with Gasteiger partial charge in [0, 0.05) is 37.9 Å². The first-order valence-electron chi connectivity index (χ1n) is 13.8. The molecule has 2 amide bonds. The van der Waals surface area contributed by atoms with Crippen molar-refractivity contribution < 1.29 is 22.7 Å². The zero-order valence-corrected chi connectivity index (χ0v) is 24.1. The van der Waals surface area contributed by atoms with Crippen molar-refractivity contribution >= 4 is 38.9 Å². The highest BCUT2D eigenvalue weighted by molar-refractivity contribution is 7.89. The summed E-state index contributed by atoms with van der Waals surface area (Å²) in [5, 5.41) is 2.90. The summed E-state index contributed by atoms with van der Waals surface area (Å²) in [4.78, 5) is 33.1. The van der Waals surface area contributed by atoms with Gasteiger partial charge in [0.1, 0.15) is 5.92 Å². The van der Waals surface area contributed by atoms with Crippen LogP contribution in [0.2, 0.25) is 0 Å². The lowest BCUT2D eigenvalue weighted by Gasteiger charge is -2.26. The van der Waals surface area contributed by atoms with Gasteiger partial charge < -0.3 is 15.0 Å². The van der Waals surface area contributed by atoms with Crippen molar-refractivity contribution in [1.82, 2.24) is 9.21 Å². The van der Waals surface area contributed by atoms with Gasteiger partial charge in [-0.15, -0.1) is 0 Å². The van der Waals surface area contributed by atoms with E-state index in [4.69, 9.17) is 9.73 Å². The number of carbonyl (C=O) groups excluding carboxylic acids is 2. The van der Waals surface area contributed by atoms with Gasteiger partial charge in [0.15, 0.2) is 0 Å². The number of nitrogens with one attached hydrogen (secondary N) is 1. The average molecular weight is 575 g/mol. The average Bonchev–Trinajstić information content (AvgIpc) is 3.34. The van der Waals surface area contributed by atoms with Gasteiger partial charge in [-0.05, 0) is 60.0 Å². The molecule has 0 aromatic heterocycles. The van der Waals surface area contributed by atoms with Crippen molar-refractivity contribution in [2.75, 3.05) is 45.2 Å². The fourth-order valence-electron chi connectivity index (χ4n) is 5.02. The Bertz CT molecular complexity index is 1550. The second-order valence-electron chi connectivity index (χ2n) is 10.2. The number of ether oxygens (including phenoxy) is 1. The van der Waals surface area contributed by atoms with Crippen LogP contribution < -0.4 is 5.32 Å². The highest BCUT2D eigenvalue weighted by Gasteiger charge is 2.37. The molecule has 0 spiro atoms. The first-order valence-corrected chi connectivity index (χ1v) is 15.3. The number of benzene rings is 3. The van der Waals surface area contributed by atoms with E-state index in [1.165, 1.54) is 10.4 Å². The molecule has 1 fully saturated rings. The molecular formula is C31H34N4O5S. The number of unbranched alkanes of at least 4 members (excludes halogenated alkanes) is 1. The minimum absolute atomic E-state index is 0.0612. The molecule has 10 heteroatoms. The molecule has 9 nitrogen and oxygen atoms in total. The lowest BCUT2D eigenvalue weighted by Crippen LogP contribution is -2.40. The summed E-state index contributed by atoms with van der Waals surface area (Å²) in [5.41, 5.74) is 3.47. The topological polar surface area (TPSA) is 108 Å². The van der Waals surface area contributed by atoms with Crippen LogP contribution in [0.4, 0.5) is 11.4 Å². The molecule has 2 aliphatic rings. The number of morpholine rings is 1. The van der Waals surface area contributed by atoms with Crippen molar-refractivity contribution in [3.63, 3.8) is 0 Å². The van der Waals surface area contributed by atoms with Crippen LogP contribution in [-0.2, 0) is 19.6 Å². The molecule has 0 aliphatic carbocycles. The van der Waals surface area contributed by atoms with Crippen LogP contribution in [0, 0.1) is 0 Å². The fourth-order valence-corrected chi connectivity index (χ4v) is 6.27. The van der Waals surface area contributed by atoms with Gasteiger partial charge >= 0.3 is 0 Å². The molecule has 0 saturated carbocycles. The maximum Gasteiger partial charge on any atom is 0.254 e. The Labute approximate surface area is 240 Å². The Morgan fingerprint density at radius 3 is 2.41 bits per heavy atom. The molecule has 0 bridgehead atoms. The van der Waals surface area contributed by atoms with Gasteiger partial charge in [-0.2, -0.15) is 0 Å². The number of aliphatic imine (C=N–C) groups is 1. The minimum Gasteiger partial charge on any atom is -0.378 e. The van der Waals surface area contributed by atoms with Gasteiger partial charge in [0.2, 0.25) is 15.9 Å². The van der Waals surface area contributed by atoms with Crippen LogP contribution in [0.1, 0.15) is 47.2 Å². The number of carbonyl (C=O) groups is 2. The maximum absolute atomic E-state index is 13.4. The van der Waals surface area contributed by atoms with Gasteiger partial charge in [-0.25, -0.2) is 12.7 Å². The van der Waals surface area contributed by atoms with E-state index in [0.29, 0.717) is 61.1 Å². The van der Waals surface area contributed by atoms with E-state index < -0.39 is 15.9 Å². The summed E-state index contributed by atoms with van der Waals surface area (Å²) in [6.45, 7) is 4.59. The Morgan fingerprint density at radius 1 is 1.02 bits per heavy atom. The Hall–Kier alpha value is -3.86. The number of rotatable bonds is 9. The van der Waals surface area contributed by atoms with E-state index in [9.17, 15) is 18.0 Å². The largest absolute Gasteiger partial charge is 0.378 e. The molecule has 41 heavy (non-hydrogen) atoms. The molecule has 5 rings (SSSR count). The lowest BCUT2D eigenvalue weighted by molar-refractivity contribution is -0.115. The van der Waals surface area contributed by atoms with Crippen LogP contribution in [0.15, 0.2) is 82.7 Å². The lowest BCUT2D eigenvalue weighted by atomic mass is 9.90. The van der Waals surface area contributed by atoms with Crippen LogP contribution in [-0.4, -0.2) is 75.0 Å². The molecule has 2 heterocycles. The van der Waals surface area contributed by atoms with E-state index in [-0.39, 0.29) is 16.7 Å². The smallest absolute Gasteiger partial charge is 0.254 e. The van der Waals surface area contributed by atoms with E-state index >= 15 is 0 Å². The van der Waals surface area contributed by atoms with Crippen molar-refractivity contribution in [3.8, 4) is 0 Å². The van der Waals surface area contributed by atoms with E-state index in [0.717, 1.165) is 18.4 Å². The SMILES string of the molecule is CCCCN(C)S(=O)(=O)c1ccc2c(c1)C(C(=Nc1ccc(C(=O)N3CCOCC3)cc1)c1ccccc1)C(=O)N2. The first-order chi connectivity index (χ1) is 19.8. The Morgan fingerprint density at radius 2 is 1.73 bits per heavy atom. The number of anilines is 1. The third-order valence-corrected chi connectivity index (χ3v) is 9.25. The van der Waals surface area contributed by atoms with Crippen LogP contribution in [0.5, 0.6) is 0 Å². The number of sulfonamides is 1. The molecule has 1 saturated heterocycles. The van der Waals surface area contributed by atoms with Crippen molar-refractivity contribution in [2.24, 2.45) is 4.99 Å². The van der Waals surface area contributed by atoms with Crippen LogP contribution >= 0.6 is 0 Å². The van der Waals surface area contributed by atoms with E-state index in [1.54, 1.807) is 48.3 Å². The number of fused-ring (bicyclic) bond motifs is 1. The minimum atomic E-state index is -3.73. The van der Waals surface area contributed by atoms with Crippen molar-refractivity contribution in [3.05, 3.63) is 89.5 Å². The third kappa shape index (κ3) is 6.09. The normalized spacial score (nSPS) is 17.4. The second kappa shape index (κ2) is 12.3. The molecule has 3 aromatic carbocycles. The standard InChI is InChI=1S/C31H34N4O5S/c1-3-4-16-34(2)41(38,39)25-14-15-27-26(21-25)28(30(36)33-27)29(22-8-6-5-7-9-22)32-24-12-10-23(11-13-24)31(37)35-17-19-40-20-18-35/h5-15,21,28H,3-4,16-20H2,1-2H3,(H,33,36). The summed E-state index contributed by atoms with van der Waals surface area (Å²) >= 11 is 0. The highest BCUT2D eigenvalue weighted by atomic mass is 32.2. The summed E-state index contributed by atoms with van der Waals surface area (Å²) in [6, 6.07) is 21.1. The van der Waals surface area contributed by atoms with Crippen molar-refractivity contribution in [1.29, 1.82) is 0 Å². The quantitative estimate of drug-likeness (QED) is 0.380. The molecule has 214 valence electrons. The van der Waals surface area contributed by atoms with E-state index in [2.05, 4.69) is 5.32 Å². The van der Waals surface area contributed by atoms with Gasteiger partial charge in [-0.1, -0.05) is 43.7 Å². The summed E-state index contributed by atoms with van der Waals surface area (Å²) in [6.07, 6.45) is 1.63. The first kappa shape index (κ1) is 28.7. The van der Waals surface area contributed by atoms with Gasteiger partial charge in [0.05, 0.1) is 29.5 Å². The Kier molecular flexibility index (Phi) is 8.63. The summed E-state index contributed by atoms with van der Waals surface area (Å²) in [7, 11) is -2.16. The summed E-state index contributed by atoms with van der Waals surface area (Å²) in [5.74, 6) is -1.16. The molecule has 1 unspecified atom stereocenters. The second-order valence-corrected chi connectivity index (χ2v) is 12.2. The third-order valence-electron chi connectivity index (χ3n) is 7.39. The maximum atomic E-state index is 13.4. The van der Waals surface area contributed by atoms with Crippen LogP contribution in [0.3, 0.4) is 0 Å².